The average Bonchev–Trinajstić information content (AvgIpc) is 2.67. The third-order valence-electron chi connectivity index (χ3n) is 3.94. The highest BCUT2D eigenvalue weighted by Crippen LogP contribution is 2.15. The summed E-state index contributed by atoms with van der Waals surface area (Å²) in [5.74, 6) is -0.108. The van der Waals surface area contributed by atoms with E-state index in [1.54, 1.807) is 6.07 Å². The van der Waals surface area contributed by atoms with Crippen molar-refractivity contribution in [2.45, 2.75) is 31.7 Å². The second kappa shape index (κ2) is 10.8. The fourth-order valence-corrected chi connectivity index (χ4v) is 2.51. The summed E-state index contributed by atoms with van der Waals surface area (Å²) in [5.41, 5.74) is 0.932. The quantitative estimate of drug-likeness (QED) is 0.427. The minimum absolute atomic E-state index is 0.112. The van der Waals surface area contributed by atoms with Gasteiger partial charge in [-0.1, -0.05) is 12.1 Å². The molecule has 1 aromatic carbocycles. The van der Waals surface area contributed by atoms with Crippen LogP contribution in [0.1, 0.15) is 24.8 Å². The smallest absolute Gasteiger partial charge is 0.326 e. The van der Waals surface area contributed by atoms with Crippen LogP contribution in [-0.2, 0) is 20.8 Å². The van der Waals surface area contributed by atoms with Gasteiger partial charge in [0.25, 0.3) is 0 Å². The Balaban J connectivity index is 1.77. The molecule has 0 saturated carbocycles. The first kappa shape index (κ1) is 20.2. The zero-order valence-corrected chi connectivity index (χ0v) is 14.9. The molecule has 1 aliphatic rings. The first-order chi connectivity index (χ1) is 13.1. The van der Waals surface area contributed by atoms with Crippen LogP contribution < -0.4 is 20.7 Å². The maximum absolute atomic E-state index is 12.0. The van der Waals surface area contributed by atoms with Gasteiger partial charge >= 0.3 is 5.97 Å². The van der Waals surface area contributed by atoms with E-state index in [0.29, 0.717) is 37.5 Å². The van der Waals surface area contributed by atoms with Crippen molar-refractivity contribution in [3.63, 3.8) is 0 Å². The fraction of sp³-hybridized carbons (Fsp3) is 0.444. The van der Waals surface area contributed by atoms with Crippen LogP contribution in [-0.4, -0.2) is 55.1 Å². The van der Waals surface area contributed by atoms with Gasteiger partial charge in [-0.15, -0.1) is 0 Å². The zero-order chi connectivity index (χ0) is 19.5. The molecule has 1 atom stereocenters. The average molecular weight is 376 g/mol. The third kappa shape index (κ3) is 7.35. The molecule has 9 nitrogen and oxygen atoms in total. The number of aliphatic carboxylic acids is 1. The normalized spacial score (nSPS) is 14.3. The van der Waals surface area contributed by atoms with Crippen molar-refractivity contribution in [2.75, 3.05) is 19.7 Å². The largest absolute Gasteiger partial charge is 0.493 e. The van der Waals surface area contributed by atoms with Crippen molar-refractivity contribution in [3.05, 3.63) is 29.8 Å². The minimum Gasteiger partial charge on any atom is -0.493 e. The van der Waals surface area contributed by atoms with Crippen LogP contribution in [0.5, 0.6) is 5.75 Å². The number of nitrogens with zero attached hydrogens (tertiary/aromatic N) is 1. The van der Waals surface area contributed by atoms with E-state index in [1.165, 1.54) is 0 Å². The molecule has 0 aliphatic carbocycles. The summed E-state index contributed by atoms with van der Waals surface area (Å²) in [5, 5.41) is 17.0. The molecular formula is C18H24N4O5. The predicted molar refractivity (Wildman–Crippen MR) is 98.6 cm³/mol. The highest BCUT2D eigenvalue weighted by molar-refractivity contribution is 5.97. The lowest BCUT2D eigenvalue weighted by Gasteiger charge is -2.15. The number of hydrogen-bond acceptors (Lipinski definition) is 6. The number of benzene rings is 1. The van der Waals surface area contributed by atoms with Gasteiger partial charge in [0, 0.05) is 25.9 Å². The lowest BCUT2D eigenvalue weighted by molar-refractivity contribution is -0.140. The van der Waals surface area contributed by atoms with Gasteiger partial charge in [-0.3, -0.25) is 19.9 Å². The van der Waals surface area contributed by atoms with E-state index in [2.05, 4.69) is 20.9 Å². The first-order valence-electron chi connectivity index (χ1n) is 8.81. The number of carbonyl (C=O) groups is 3. The van der Waals surface area contributed by atoms with E-state index in [0.717, 1.165) is 18.5 Å². The Morgan fingerprint density at radius 2 is 2.26 bits per heavy atom. The number of rotatable bonds is 10. The van der Waals surface area contributed by atoms with Crippen LogP contribution in [0.25, 0.3) is 0 Å². The first-order valence-corrected chi connectivity index (χ1v) is 8.81. The molecule has 9 heteroatoms. The molecule has 27 heavy (non-hydrogen) atoms. The number of aryl methyl sites for hydroxylation is 1. The van der Waals surface area contributed by atoms with Gasteiger partial charge in [-0.05, 0) is 30.5 Å². The Labute approximate surface area is 157 Å². The van der Waals surface area contributed by atoms with Crippen molar-refractivity contribution < 1.29 is 24.2 Å². The molecule has 4 N–H and O–H groups in total. The number of nitrogens with one attached hydrogen (secondary N) is 3. The Morgan fingerprint density at radius 3 is 2.96 bits per heavy atom. The molecule has 1 unspecified atom stereocenters. The van der Waals surface area contributed by atoms with E-state index >= 15 is 0 Å². The molecule has 0 fully saturated rings. The summed E-state index contributed by atoms with van der Waals surface area (Å²) < 4.78 is 5.55. The van der Waals surface area contributed by atoms with E-state index in [1.807, 2.05) is 18.2 Å². The summed E-state index contributed by atoms with van der Waals surface area (Å²) in [6.07, 6.45) is 2.33. The lowest BCUT2D eigenvalue weighted by Crippen LogP contribution is -2.43. The molecule has 0 spiro atoms. The molecule has 0 aromatic heterocycles. The molecule has 0 saturated heterocycles. The van der Waals surface area contributed by atoms with Gasteiger partial charge in [0.15, 0.2) is 5.96 Å². The molecular weight excluding hydrogens is 352 g/mol. The Morgan fingerprint density at radius 1 is 1.41 bits per heavy atom. The van der Waals surface area contributed by atoms with Crippen LogP contribution >= 0.6 is 0 Å². The summed E-state index contributed by atoms with van der Waals surface area (Å²) in [6, 6.07) is 6.29. The van der Waals surface area contributed by atoms with Crippen molar-refractivity contribution in [1.29, 1.82) is 0 Å². The number of carboxylic acid groups (broad SMARTS) is 1. The lowest BCUT2D eigenvalue weighted by atomic mass is 10.1. The highest BCUT2D eigenvalue weighted by atomic mass is 16.5. The van der Waals surface area contributed by atoms with E-state index in [-0.39, 0.29) is 18.9 Å². The van der Waals surface area contributed by atoms with Gasteiger partial charge in [-0.2, -0.15) is 0 Å². The number of aliphatic imine (C=N–C) groups is 1. The minimum atomic E-state index is -1.11. The number of amides is 2. The molecule has 0 bridgehead atoms. The number of carboxylic acids is 1. The molecule has 2 amide bonds. The SMILES string of the molecule is O=CNC(CCOc1cccc(CCC(=O)NC2=NCCCN2)c1)C(=O)O. The van der Waals surface area contributed by atoms with Crippen LogP contribution in [0.4, 0.5) is 0 Å². The topological polar surface area (TPSA) is 129 Å². The summed E-state index contributed by atoms with van der Waals surface area (Å²) in [7, 11) is 0. The van der Waals surface area contributed by atoms with Gasteiger partial charge in [0.05, 0.1) is 6.61 Å². The summed E-state index contributed by atoms with van der Waals surface area (Å²) in [4.78, 5) is 37.5. The second-order valence-corrected chi connectivity index (χ2v) is 6.02. The number of guanidine groups is 1. The predicted octanol–water partition coefficient (Wildman–Crippen LogP) is 0.0528. The van der Waals surface area contributed by atoms with Crippen molar-refractivity contribution in [2.24, 2.45) is 4.99 Å². The van der Waals surface area contributed by atoms with Gasteiger partial charge < -0.3 is 20.5 Å². The molecule has 1 aromatic rings. The van der Waals surface area contributed by atoms with E-state index in [4.69, 9.17) is 9.84 Å². The standard InChI is InChI=1S/C18H24N4O5/c23-12-21-15(17(25)26)7-10-27-14-4-1-3-13(11-14)5-6-16(24)22-18-19-8-2-9-20-18/h1,3-4,11-12,15H,2,5-10H2,(H,21,23)(H,25,26)(H2,19,20,22,24). The summed E-state index contributed by atoms with van der Waals surface area (Å²) in [6.45, 7) is 1.67. The summed E-state index contributed by atoms with van der Waals surface area (Å²) >= 11 is 0. The zero-order valence-electron chi connectivity index (χ0n) is 14.9. The van der Waals surface area contributed by atoms with Crippen molar-refractivity contribution in [1.82, 2.24) is 16.0 Å². The van der Waals surface area contributed by atoms with Crippen LogP contribution in [0.3, 0.4) is 0 Å². The fourth-order valence-electron chi connectivity index (χ4n) is 2.51. The highest BCUT2D eigenvalue weighted by Gasteiger charge is 2.16. The Hall–Kier alpha value is -3.10. The Kier molecular flexibility index (Phi) is 8.08. The number of hydrogen-bond donors (Lipinski definition) is 4. The van der Waals surface area contributed by atoms with Gasteiger partial charge in [-0.25, -0.2) is 4.79 Å². The van der Waals surface area contributed by atoms with Crippen molar-refractivity contribution in [3.8, 4) is 5.75 Å². The third-order valence-corrected chi connectivity index (χ3v) is 3.94. The van der Waals surface area contributed by atoms with Gasteiger partial charge in [0.2, 0.25) is 12.3 Å². The molecule has 1 aliphatic heterocycles. The maximum Gasteiger partial charge on any atom is 0.326 e. The molecule has 146 valence electrons. The maximum atomic E-state index is 12.0. The van der Waals surface area contributed by atoms with Gasteiger partial charge in [0.1, 0.15) is 11.8 Å². The molecule has 1 heterocycles. The van der Waals surface area contributed by atoms with E-state index < -0.39 is 12.0 Å². The van der Waals surface area contributed by atoms with Crippen molar-refractivity contribution >= 4 is 24.2 Å². The monoisotopic (exact) mass is 376 g/mol. The van der Waals surface area contributed by atoms with E-state index in [9.17, 15) is 14.4 Å². The Bertz CT molecular complexity index is 692. The molecule has 2 rings (SSSR count). The molecule has 0 radical (unpaired) electrons. The number of carbonyl (C=O) groups excluding carboxylic acids is 2. The second-order valence-electron chi connectivity index (χ2n) is 6.02. The van der Waals surface area contributed by atoms with Crippen LogP contribution in [0, 0.1) is 0 Å². The van der Waals surface area contributed by atoms with Crippen LogP contribution in [0.2, 0.25) is 0 Å². The number of ether oxygens (including phenoxy) is 1. The van der Waals surface area contributed by atoms with Crippen LogP contribution in [0.15, 0.2) is 29.3 Å².